The summed E-state index contributed by atoms with van der Waals surface area (Å²) < 4.78 is 10.2. The third-order valence-electron chi connectivity index (χ3n) is 2.98. The minimum atomic E-state index is -0.482. The van der Waals surface area contributed by atoms with Crippen LogP contribution in [0.2, 0.25) is 0 Å². The van der Waals surface area contributed by atoms with Gasteiger partial charge in [-0.3, -0.25) is 4.99 Å². The summed E-state index contributed by atoms with van der Waals surface area (Å²) in [5, 5.41) is 9.08. The van der Waals surface area contributed by atoms with E-state index in [1.54, 1.807) is 14.2 Å². The van der Waals surface area contributed by atoms with Crippen molar-refractivity contribution in [2.24, 2.45) is 4.99 Å². The van der Waals surface area contributed by atoms with Gasteiger partial charge in [-0.1, -0.05) is 0 Å². The molecule has 0 bridgehead atoms. The lowest BCUT2D eigenvalue weighted by Crippen LogP contribution is -2.44. The van der Waals surface area contributed by atoms with Crippen LogP contribution < -0.4 is 16.0 Å². The van der Waals surface area contributed by atoms with Gasteiger partial charge in [0.2, 0.25) is 0 Å². The topological polar surface area (TPSA) is 87.2 Å². The fourth-order valence-corrected chi connectivity index (χ4v) is 1.84. The molecule has 24 heavy (non-hydrogen) atoms. The number of ether oxygens (including phenoxy) is 2. The standard InChI is InChI=1S/C16H35N5O3/c1-16(2,3)24-15(22)20-9-8-18-14(17-4)19-10-12-21(5)11-7-13-23-6/h7-13H2,1-6H3,(H,20,22)(H2,17,18,19). The van der Waals surface area contributed by atoms with Crippen LogP contribution in [0.25, 0.3) is 0 Å². The predicted octanol–water partition coefficient (Wildman–Crippen LogP) is 0.644. The number of rotatable bonds is 10. The average Bonchev–Trinajstić information content (AvgIpc) is 2.48. The number of alkyl carbamates (subject to hydrolysis) is 1. The molecule has 0 heterocycles. The minimum absolute atomic E-state index is 0.412. The van der Waals surface area contributed by atoms with Gasteiger partial charge in [-0.2, -0.15) is 0 Å². The van der Waals surface area contributed by atoms with Crippen LogP contribution in [0.1, 0.15) is 27.2 Å². The first kappa shape index (κ1) is 22.5. The summed E-state index contributed by atoms with van der Waals surface area (Å²) in [5.41, 5.74) is -0.482. The zero-order valence-electron chi connectivity index (χ0n) is 16.1. The quantitative estimate of drug-likeness (QED) is 0.306. The Balaban J connectivity index is 3.76. The summed E-state index contributed by atoms with van der Waals surface area (Å²) in [6, 6.07) is 0. The molecule has 0 atom stereocenters. The van der Waals surface area contributed by atoms with Gasteiger partial charge in [-0.05, 0) is 34.2 Å². The van der Waals surface area contributed by atoms with E-state index in [4.69, 9.17) is 9.47 Å². The fraction of sp³-hybridized carbons (Fsp3) is 0.875. The Morgan fingerprint density at radius 2 is 1.71 bits per heavy atom. The number of methoxy groups -OCH3 is 1. The number of amides is 1. The van der Waals surface area contributed by atoms with Crippen molar-refractivity contribution in [2.45, 2.75) is 32.8 Å². The van der Waals surface area contributed by atoms with Gasteiger partial charge in [0.1, 0.15) is 5.60 Å². The second-order valence-corrected chi connectivity index (χ2v) is 6.50. The molecule has 0 aliphatic heterocycles. The predicted molar refractivity (Wildman–Crippen MR) is 97.6 cm³/mol. The van der Waals surface area contributed by atoms with E-state index < -0.39 is 11.7 Å². The first-order valence-corrected chi connectivity index (χ1v) is 8.37. The second kappa shape index (κ2) is 12.8. The van der Waals surface area contributed by atoms with Crippen LogP contribution in [-0.4, -0.2) is 83.1 Å². The zero-order valence-corrected chi connectivity index (χ0v) is 16.1. The van der Waals surface area contributed by atoms with E-state index in [0.29, 0.717) is 19.0 Å². The van der Waals surface area contributed by atoms with Crippen molar-refractivity contribution < 1.29 is 14.3 Å². The minimum Gasteiger partial charge on any atom is -0.444 e. The highest BCUT2D eigenvalue weighted by Crippen LogP contribution is 2.05. The third-order valence-corrected chi connectivity index (χ3v) is 2.98. The average molecular weight is 345 g/mol. The lowest BCUT2D eigenvalue weighted by atomic mass is 10.2. The molecule has 0 spiro atoms. The van der Waals surface area contributed by atoms with Crippen molar-refractivity contribution in [1.29, 1.82) is 0 Å². The van der Waals surface area contributed by atoms with Crippen molar-refractivity contribution >= 4 is 12.1 Å². The van der Waals surface area contributed by atoms with Gasteiger partial charge < -0.3 is 30.3 Å². The molecule has 1 amide bonds. The van der Waals surface area contributed by atoms with E-state index >= 15 is 0 Å². The first-order chi connectivity index (χ1) is 11.3. The molecule has 0 aliphatic rings. The van der Waals surface area contributed by atoms with Gasteiger partial charge in [-0.15, -0.1) is 0 Å². The number of carbonyl (C=O) groups is 1. The third kappa shape index (κ3) is 14.1. The Hall–Kier alpha value is -1.54. The summed E-state index contributed by atoms with van der Waals surface area (Å²) >= 11 is 0. The summed E-state index contributed by atoms with van der Waals surface area (Å²) in [4.78, 5) is 17.9. The number of hydrogen-bond donors (Lipinski definition) is 3. The summed E-state index contributed by atoms with van der Waals surface area (Å²) in [6.45, 7) is 10.0. The number of nitrogens with one attached hydrogen (secondary N) is 3. The molecule has 0 saturated heterocycles. The van der Waals surface area contributed by atoms with Crippen LogP contribution in [0, 0.1) is 0 Å². The molecule has 0 aliphatic carbocycles. The maximum atomic E-state index is 11.5. The van der Waals surface area contributed by atoms with Gasteiger partial charge in [0.25, 0.3) is 0 Å². The van der Waals surface area contributed by atoms with E-state index in [9.17, 15) is 4.79 Å². The number of aliphatic imine (C=N–C) groups is 1. The normalized spacial score (nSPS) is 12.2. The highest BCUT2D eigenvalue weighted by atomic mass is 16.6. The molecule has 0 fully saturated rings. The Bertz CT molecular complexity index is 369. The Morgan fingerprint density at radius 3 is 2.29 bits per heavy atom. The second-order valence-electron chi connectivity index (χ2n) is 6.50. The molecule has 3 N–H and O–H groups in total. The Morgan fingerprint density at radius 1 is 1.08 bits per heavy atom. The maximum Gasteiger partial charge on any atom is 0.407 e. The number of hydrogen-bond acceptors (Lipinski definition) is 5. The van der Waals surface area contributed by atoms with Crippen LogP contribution in [0.15, 0.2) is 4.99 Å². The molecule has 0 aromatic heterocycles. The van der Waals surface area contributed by atoms with Crippen molar-refractivity contribution in [1.82, 2.24) is 20.9 Å². The largest absolute Gasteiger partial charge is 0.444 e. The van der Waals surface area contributed by atoms with E-state index in [0.717, 1.165) is 32.7 Å². The van der Waals surface area contributed by atoms with Gasteiger partial charge in [0.05, 0.1) is 0 Å². The molecule has 8 nitrogen and oxygen atoms in total. The van der Waals surface area contributed by atoms with Crippen molar-refractivity contribution in [3.8, 4) is 0 Å². The summed E-state index contributed by atoms with van der Waals surface area (Å²) in [5.74, 6) is 0.714. The molecular weight excluding hydrogens is 310 g/mol. The fourth-order valence-electron chi connectivity index (χ4n) is 1.84. The van der Waals surface area contributed by atoms with Crippen molar-refractivity contribution in [2.75, 3.05) is 60.5 Å². The van der Waals surface area contributed by atoms with Gasteiger partial charge in [0.15, 0.2) is 5.96 Å². The molecule has 0 aromatic carbocycles. The number of likely N-dealkylation sites (N-methyl/N-ethyl adjacent to an activating group) is 1. The lowest BCUT2D eigenvalue weighted by Gasteiger charge is -2.20. The Labute approximate surface area is 146 Å². The molecule has 0 unspecified atom stereocenters. The van der Waals surface area contributed by atoms with E-state index in [2.05, 4.69) is 32.9 Å². The van der Waals surface area contributed by atoms with Crippen molar-refractivity contribution in [3.05, 3.63) is 0 Å². The molecule has 142 valence electrons. The number of guanidine groups is 1. The molecule has 0 radical (unpaired) electrons. The number of carbonyl (C=O) groups excluding carboxylic acids is 1. The SMILES string of the molecule is CN=C(NCCNC(=O)OC(C)(C)C)NCCN(C)CCCOC. The van der Waals surface area contributed by atoms with Gasteiger partial charge in [0, 0.05) is 53.5 Å². The first-order valence-electron chi connectivity index (χ1n) is 8.37. The zero-order chi connectivity index (χ0) is 18.4. The Kier molecular flexibility index (Phi) is 12.0. The van der Waals surface area contributed by atoms with E-state index in [1.807, 2.05) is 20.8 Å². The van der Waals surface area contributed by atoms with Gasteiger partial charge in [-0.25, -0.2) is 4.79 Å². The van der Waals surface area contributed by atoms with E-state index in [1.165, 1.54) is 0 Å². The molecule has 0 aromatic rings. The summed E-state index contributed by atoms with van der Waals surface area (Å²) in [7, 11) is 5.52. The monoisotopic (exact) mass is 345 g/mol. The van der Waals surface area contributed by atoms with Crippen LogP contribution in [-0.2, 0) is 9.47 Å². The lowest BCUT2D eigenvalue weighted by molar-refractivity contribution is 0.0529. The molecular formula is C16H35N5O3. The number of nitrogens with zero attached hydrogens (tertiary/aromatic N) is 2. The molecule has 8 heteroatoms. The highest BCUT2D eigenvalue weighted by Gasteiger charge is 2.15. The van der Waals surface area contributed by atoms with Crippen molar-refractivity contribution in [3.63, 3.8) is 0 Å². The van der Waals surface area contributed by atoms with Gasteiger partial charge >= 0.3 is 6.09 Å². The molecule has 0 rings (SSSR count). The molecule has 0 saturated carbocycles. The van der Waals surface area contributed by atoms with E-state index in [-0.39, 0.29) is 0 Å². The van der Waals surface area contributed by atoms with Crippen LogP contribution in [0.3, 0.4) is 0 Å². The maximum absolute atomic E-state index is 11.5. The summed E-state index contributed by atoms with van der Waals surface area (Å²) in [6.07, 6.45) is 0.612. The van der Waals surface area contributed by atoms with Crippen LogP contribution in [0.5, 0.6) is 0 Å². The van der Waals surface area contributed by atoms with Crippen LogP contribution in [0.4, 0.5) is 4.79 Å². The van der Waals surface area contributed by atoms with Crippen LogP contribution >= 0.6 is 0 Å². The smallest absolute Gasteiger partial charge is 0.407 e. The highest BCUT2D eigenvalue weighted by molar-refractivity contribution is 5.79.